The number of rotatable bonds is 1. The van der Waals surface area contributed by atoms with Crippen molar-refractivity contribution in [2.75, 3.05) is 0 Å². The van der Waals surface area contributed by atoms with Crippen molar-refractivity contribution in [1.82, 2.24) is 0 Å². The van der Waals surface area contributed by atoms with E-state index in [4.69, 9.17) is 0 Å². The molecule has 0 nitrogen and oxygen atoms in total. The van der Waals surface area contributed by atoms with Gasteiger partial charge in [0.2, 0.25) is 0 Å². The first-order valence-electron chi connectivity index (χ1n) is 9.33. The first-order chi connectivity index (χ1) is 9.54. The van der Waals surface area contributed by atoms with Crippen LogP contribution in [0.1, 0.15) is 65.2 Å². The highest BCUT2D eigenvalue weighted by Gasteiger charge is 3.14. The van der Waals surface area contributed by atoms with Gasteiger partial charge in [0.15, 0.2) is 0 Å². The number of hydrogen-bond donors (Lipinski definition) is 0. The highest BCUT2D eigenvalue weighted by Crippen LogP contribution is 3.20. The highest BCUT2D eigenvalue weighted by atomic mass is 15.2. The van der Waals surface area contributed by atoms with Crippen molar-refractivity contribution in [3.63, 3.8) is 0 Å². The van der Waals surface area contributed by atoms with Gasteiger partial charge in [-0.2, -0.15) is 0 Å². The molecule has 0 aromatic carbocycles. The lowest BCUT2D eigenvalue weighted by Crippen LogP contribution is -1.95. The van der Waals surface area contributed by atoms with Crippen LogP contribution in [0.5, 0.6) is 0 Å². The molecule has 0 heterocycles. The molecule has 0 bridgehead atoms. The van der Waals surface area contributed by atoms with Crippen LogP contribution in [0.4, 0.5) is 0 Å². The van der Waals surface area contributed by atoms with E-state index in [-0.39, 0.29) is 0 Å². The standard InChI is InChI=1S/C20H25/c1-3-13-5-15(13)7-17(15)9-19(17)11-20(19)10-18(20)8-16(18)6-14(16)4-12(14)2/h3,12-13H,4-11H2,1-2H3/q+1. The largest absolute Gasteiger partial charge is 0.104 e. The molecule has 9 atom stereocenters. The maximum atomic E-state index is 2.54. The zero-order valence-corrected chi connectivity index (χ0v) is 12.9. The molecule has 8 rings (SSSR count). The van der Waals surface area contributed by atoms with Crippen molar-refractivity contribution in [3.8, 4) is 0 Å². The summed E-state index contributed by atoms with van der Waals surface area (Å²) in [4.78, 5) is 0. The SMILES string of the molecule is C[CH+]C1CC12CC21CC12CC21CC12CC21CC12CC2C. The lowest BCUT2D eigenvalue weighted by Gasteiger charge is -1.97. The fourth-order valence-corrected chi connectivity index (χ4v) is 10.1. The molecular weight excluding hydrogens is 240 g/mol. The van der Waals surface area contributed by atoms with Gasteiger partial charge in [0.25, 0.3) is 0 Å². The fourth-order valence-electron chi connectivity index (χ4n) is 10.1. The Labute approximate surface area is 122 Å². The summed E-state index contributed by atoms with van der Waals surface area (Å²) in [7, 11) is 0. The van der Waals surface area contributed by atoms with E-state index in [1.165, 1.54) is 0 Å². The molecule has 0 radical (unpaired) electrons. The summed E-state index contributed by atoms with van der Waals surface area (Å²) in [5, 5.41) is 0. The third-order valence-corrected chi connectivity index (χ3v) is 11.5. The molecular formula is C20H25+. The summed E-state index contributed by atoms with van der Waals surface area (Å²) in [6.45, 7) is 4.86. The first kappa shape index (κ1) is 9.80. The van der Waals surface area contributed by atoms with Crippen molar-refractivity contribution >= 4 is 0 Å². The Balaban J connectivity index is 1.14. The zero-order chi connectivity index (χ0) is 13.0. The predicted molar refractivity (Wildman–Crippen MR) is 76.6 cm³/mol. The lowest BCUT2D eigenvalue weighted by molar-refractivity contribution is 0.484. The minimum absolute atomic E-state index is 0.894. The van der Waals surface area contributed by atoms with E-state index in [0.29, 0.717) is 0 Å². The van der Waals surface area contributed by atoms with Crippen LogP contribution in [0.25, 0.3) is 0 Å². The van der Waals surface area contributed by atoms with E-state index in [1.807, 2.05) is 0 Å². The van der Waals surface area contributed by atoms with Crippen molar-refractivity contribution in [2.24, 2.45) is 49.7 Å². The normalized spacial score (nSPS) is 88.3. The molecule has 0 saturated heterocycles. The van der Waals surface area contributed by atoms with Crippen molar-refractivity contribution in [2.45, 2.75) is 65.2 Å². The zero-order valence-electron chi connectivity index (χ0n) is 12.9. The van der Waals surface area contributed by atoms with Crippen LogP contribution in [0.15, 0.2) is 0 Å². The molecule has 104 valence electrons. The molecule has 0 heteroatoms. The van der Waals surface area contributed by atoms with Gasteiger partial charge in [-0.25, -0.2) is 0 Å². The molecule has 8 aliphatic rings. The van der Waals surface area contributed by atoms with E-state index in [1.54, 1.807) is 51.4 Å². The van der Waals surface area contributed by atoms with Crippen LogP contribution in [0, 0.1) is 56.2 Å². The third kappa shape index (κ3) is 0.531. The van der Waals surface area contributed by atoms with Gasteiger partial charge in [-0.3, -0.25) is 0 Å². The minimum atomic E-state index is 0.894. The Morgan fingerprint density at radius 3 is 1.70 bits per heavy atom. The van der Waals surface area contributed by atoms with Gasteiger partial charge in [0.05, 0.1) is 13.3 Å². The van der Waals surface area contributed by atoms with E-state index in [2.05, 4.69) is 20.3 Å². The van der Waals surface area contributed by atoms with Crippen LogP contribution < -0.4 is 0 Å². The summed E-state index contributed by atoms with van der Waals surface area (Å²) in [6.07, 6.45) is 15.8. The topological polar surface area (TPSA) is 0 Å². The molecule has 0 N–H and O–H groups in total. The van der Waals surface area contributed by atoms with Gasteiger partial charge in [0, 0.05) is 11.8 Å². The molecule has 0 aromatic heterocycles. The van der Waals surface area contributed by atoms with Gasteiger partial charge in [-0.15, -0.1) is 0 Å². The summed E-state index contributed by atoms with van der Waals surface area (Å²) >= 11 is 0. The number of fused-ring (bicyclic) bond motifs is 6. The van der Waals surface area contributed by atoms with E-state index in [9.17, 15) is 0 Å². The molecule has 7 spiro atoms. The Hall–Kier alpha value is -0.130. The second kappa shape index (κ2) is 1.86. The molecule has 8 fully saturated rings. The Morgan fingerprint density at radius 1 is 0.700 bits per heavy atom. The Bertz CT molecular complexity index is 665. The van der Waals surface area contributed by atoms with Crippen LogP contribution in [0.2, 0.25) is 0 Å². The molecule has 9 unspecified atom stereocenters. The fraction of sp³-hybridized carbons (Fsp3) is 0.950. The quantitative estimate of drug-likeness (QED) is 0.608. The predicted octanol–water partition coefficient (Wildman–Crippen LogP) is 4.60. The average molecular weight is 265 g/mol. The molecule has 8 aliphatic carbocycles. The maximum absolute atomic E-state index is 2.54. The van der Waals surface area contributed by atoms with Crippen molar-refractivity contribution in [1.29, 1.82) is 0 Å². The van der Waals surface area contributed by atoms with Crippen LogP contribution in [-0.2, 0) is 0 Å². The molecule has 0 aliphatic heterocycles. The van der Waals surface area contributed by atoms with Crippen molar-refractivity contribution in [3.05, 3.63) is 6.42 Å². The van der Waals surface area contributed by atoms with Gasteiger partial charge in [0.1, 0.15) is 5.92 Å². The lowest BCUT2D eigenvalue weighted by atomic mass is 10.1. The van der Waals surface area contributed by atoms with Gasteiger partial charge >= 0.3 is 0 Å². The van der Waals surface area contributed by atoms with Gasteiger partial charge in [-0.1, -0.05) is 6.92 Å². The number of hydrogen-bond acceptors (Lipinski definition) is 0. The van der Waals surface area contributed by atoms with E-state index < -0.39 is 0 Å². The summed E-state index contributed by atoms with van der Waals surface area (Å²) < 4.78 is 0. The first-order valence-corrected chi connectivity index (χ1v) is 9.33. The van der Waals surface area contributed by atoms with Crippen LogP contribution in [0.3, 0.4) is 0 Å². The molecule has 0 aromatic rings. The molecule has 8 saturated carbocycles. The average Bonchev–Trinajstić information content (AvgIpc) is 3.24. The smallest absolute Gasteiger partial charge is 0.0619 e. The van der Waals surface area contributed by atoms with Crippen molar-refractivity contribution < 1.29 is 0 Å². The summed E-state index contributed by atoms with van der Waals surface area (Å²) in [5.74, 6) is 2.15. The van der Waals surface area contributed by atoms with Gasteiger partial charge < -0.3 is 0 Å². The minimum Gasteiger partial charge on any atom is -0.0619 e. The molecule has 0 amide bonds. The second-order valence-electron chi connectivity index (χ2n) is 11.0. The summed E-state index contributed by atoms with van der Waals surface area (Å²) in [5.41, 5.74) is 6.57. The molecule has 20 heavy (non-hydrogen) atoms. The summed E-state index contributed by atoms with van der Waals surface area (Å²) in [6, 6.07) is 0. The highest BCUT2D eigenvalue weighted by molar-refractivity contribution is 5.61. The van der Waals surface area contributed by atoms with Gasteiger partial charge in [-0.05, 0) is 83.4 Å². The van der Waals surface area contributed by atoms with E-state index in [0.717, 1.165) is 49.7 Å². The monoisotopic (exact) mass is 265 g/mol. The van der Waals surface area contributed by atoms with Crippen LogP contribution >= 0.6 is 0 Å². The second-order valence-corrected chi connectivity index (χ2v) is 11.0. The Morgan fingerprint density at radius 2 is 1.20 bits per heavy atom. The third-order valence-electron chi connectivity index (χ3n) is 11.5. The Kier molecular flexibility index (Phi) is 0.913. The maximum Gasteiger partial charge on any atom is 0.104 e. The van der Waals surface area contributed by atoms with Crippen LogP contribution in [-0.4, -0.2) is 0 Å². The van der Waals surface area contributed by atoms with E-state index >= 15 is 0 Å².